The minimum absolute atomic E-state index is 0.0917. The molecule has 2 nitrogen and oxygen atoms in total. The van der Waals surface area contributed by atoms with E-state index in [0.717, 1.165) is 12.8 Å². The second-order valence-corrected chi connectivity index (χ2v) is 8.67. The molecule has 0 aliphatic carbocycles. The molecular weight excluding hydrogens is 294 g/mol. The van der Waals surface area contributed by atoms with Crippen LogP contribution >= 0.6 is 0 Å². The topological polar surface area (TPSA) is 21.3 Å². The summed E-state index contributed by atoms with van der Waals surface area (Å²) in [7, 11) is 2.01. The van der Waals surface area contributed by atoms with Crippen LogP contribution in [0.1, 0.15) is 117 Å². The summed E-state index contributed by atoms with van der Waals surface area (Å²) in [6.45, 7) is 32.0. The van der Waals surface area contributed by atoms with E-state index in [9.17, 15) is 0 Å². The predicted octanol–water partition coefficient (Wildman–Crippen LogP) is 7.46. The molecule has 0 heterocycles. The Balaban J connectivity index is -0.000000297. The van der Waals surface area contributed by atoms with Crippen LogP contribution in [0.25, 0.3) is 0 Å². The highest BCUT2D eigenvalue weighted by atomic mass is 16.5. The second-order valence-electron chi connectivity index (χ2n) is 8.67. The van der Waals surface area contributed by atoms with Crippen molar-refractivity contribution in [3.63, 3.8) is 0 Å². The zero-order chi connectivity index (χ0) is 20.8. The van der Waals surface area contributed by atoms with Gasteiger partial charge in [-0.15, -0.1) is 0 Å². The van der Waals surface area contributed by atoms with E-state index < -0.39 is 0 Å². The Bertz CT molecular complexity index is 260. The van der Waals surface area contributed by atoms with Crippen molar-refractivity contribution in [1.29, 1.82) is 0 Å². The maximum Gasteiger partial charge on any atom is 0.0651 e. The summed E-state index contributed by atoms with van der Waals surface area (Å²) in [6, 6.07) is 0. The molecule has 0 aromatic carbocycles. The third-order valence-corrected chi connectivity index (χ3v) is 3.05. The van der Waals surface area contributed by atoms with Crippen molar-refractivity contribution >= 4 is 0 Å². The molecule has 0 bridgehead atoms. The van der Waals surface area contributed by atoms with Gasteiger partial charge in [0.15, 0.2) is 0 Å². The molecule has 0 rings (SSSR count). The first-order chi connectivity index (χ1) is 10.7. The molecular formula is C22H53NO. The van der Waals surface area contributed by atoms with Gasteiger partial charge in [-0.3, -0.25) is 0 Å². The first-order valence-corrected chi connectivity index (χ1v) is 10.1. The Kier molecular flexibility index (Phi) is 18.6. The number of hydrogen-bond acceptors (Lipinski definition) is 2. The van der Waals surface area contributed by atoms with Crippen molar-refractivity contribution in [2.24, 2.45) is 5.41 Å². The van der Waals surface area contributed by atoms with Crippen LogP contribution < -0.4 is 5.32 Å². The fourth-order valence-corrected chi connectivity index (χ4v) is 3.25. The summed E-state index contributed by atoms with van der Waals surface area (Å²) in [5.41, 5.74) is 0.173. The molecule has 0 atom stereocenters. The van der Waals surface area contributed by atoms with E-state index >= 15 is 0 Å². The Morgan fingerprint density at radius 3 is 1.12 bits per heavy atom. The van der Waals surface area contributed by atoms with Gasteiger partial charge >= 0.3 is 0 Å². The van der Waals surface area contributed by atoms with Crippen LogP contribution in [-0.4, -0.2) is 23.8 Å². The minimum Gasteiger partial charge on any atom is -0.370 e. The van der Waals surface area contributed by atoms with E-state index in [2.05, 4.69) is 67.6 Å². The van der Waals surface area contributed by atoms with Crippen LogP contribution in [0.4, 0.5) is 0 Å². The fraction of sp³-hybridized carbons (Fsp3) is 1.00. The second kappa shape index (κ2) is 14.1. The lowest BCUT2D eigenvalue weighted by Gasteiger charge is -2.42. The summed E-state index contributed by atoms with van der Waals surface area (Å²) in [6.07, 6.45) is 2.05. The van der Waals surface area contributed by atoms with Gasteiger partial charge in [-0.1, -0.05) is 62.3 Å². The molecule has 0 amide bonds. The molecule has 0 aliphatic heterocycles. The van der Waals surface area contributed by atoms with E-state index in [1.807, 2.05) is 48.6 Å². The van der Waals surface area contributed by atoms with E-state index in [1.165, 1.54) is 0 Å². The van der Waals surface area contributed by atoms with Gasteiger partial charge in [-0.05, 0) is 66.8 Å². The zero-order valence-corrected chi connectivity index (χ0v) is 20.3. The SMILES string of the molecule is CC.CC.CC.CNC(C)(C)CC(C)(C)OC(C)(C)CC(C)(C)C. The Hall–Kier alpha value is -0.0800. The average molecular weight is 348 g/mol. The van der Waals surface area contributed by atoms with Crippen molar-refractivity contribution in [3.05, 3.63) is 0 Å². The van der Waals surface area contributed by atoms with Gasteiger partial charge in [-0.25, -0.2) is 0 Å². The van der Waals surface area contributed by atoms with Crippen LogP contribution in [0.5, 0.6) is 0 Å². The highest BCUT2D eigenvalue weighted by Crippen LogP contribution is 2.35. The molecule has 0 aromatic heterocycles. The Morgan fingerprint density at radius 2 is 0.875 bits per heavy atom. The van der Waals surface area contributed by atoms with E-state index in [1.54, 1.807) is 0 Å². The summed E-state index contributed by atoms with van der Waals surface area (Å²) in [5.74, 6) is 0. The number of rotatable bonds is 6. The van der Waals surface area contributed by atoms with Crippen molar-refractivity contribution in [2.75, 3.05) is 7.05 Å². The summed E-state index contributed by atoms with van der Waals surface area (Å²) >= 11 is 0. The van der Waals surface area contributed by atoms with Crippen LogP contribution in [0.2, 0.25) is 0 Å². The van der Waals surface area contributed by atoms with Crippen LogP contribution in [-0.2, 0) is 4.74 Å². The normalized spacial score (nSPS) is 12.0. The standard InChI is InChI=1S/C16H35NO.3C2H6/c1-13(2,3)11-15(6,7)18-16(8,9)12-14(4,5)17-10;3*1-2/h17H,11-12H2,1-10H3;3*1-2H3. The van der Waals surface area contributed by atoms with E-state index in [0.29, 0.717) is 0 Å². The largest absolute Gasteiger partial charge is 0.370 e. The van der Waals surface area contributed by atoms with Gasteiger partial charge in [-0.2, -0.15) is 0 Å². The summed E-state index contributed by atoms with van der Waals surface area (Å²) in [5, 5.41) is 3.35. The molecule has 0 saturated heterocycles. The van der Waals surface area contributed by atoms with Gasteiger partial charge in [0.05, 0.1) is 11.2 Å². The summed E-state index contributed by atoms with van der Waals surface area (Å²) < 4.78 is 6.40. The lowest BCUT2D eigenvalue weighted by Crippen LogP contribution is -2.47. The maximum atomic E-state index is 6.40. The third-order valence-electron chi connectivity index (χ3n) is 3.05. The summed E-state index contributed by atoms with van der Waals surface area (Å²) in [4.78, 5) is 0. The quantitative estimate of drug-likeness (QED) is 0.538. The molecule has 24 heavy (non-hydrogen) atoms. The van der Waals surface area contributed by atoms with E-state index in [-0.39, 0.29) is 22.2 Å². The van der Waals surface area contributed by atoms with E-state index in [4.69, 9.17) is 4.74 Å². The van der Waals surface area contributed by atoms with Crippen LogP contribution in [0.15, 0.2) is 0 Å². The van der Waals surface area contributed by atoms with Crippen LogP contribution in [0, 0.1) is 5.41 Å². The fourth-order valence-electron chi connectivity index (χ4n) is 3.25. The molecule has 0 fully saturated rings. The average Bonchev–Trinajstić information content (AvgIpc) is 2.40. The van der Waals surface area contributed by atoms with Gasteiger partial charge in [0, 0.05) is 5.54 Å². The lowest BCUT2D eigenvalue weighted by atomic mass is 9.82. The van der Waals surface area contributed by atoms with Crippen molar-refractivity contribution in [3.8, 4) is 0 Å². The highest BCUT2D eigenvalue weighted by Gasteiger charge is 2.35. The van der Waals surface area contributed by atoms with Crippen LogP contribution in [0.3, 0.4) is 0 Å². The van der Waals surface area contributed by atoms with Crippen molar-refractivity contribution in [1.82, 2.24) is 5.32 Å². The number of hydrogen-bond donors (Lipinski definition) is 1. The Morgan fingerprint density at radius 1 is 0.583 bits per heavy atom. The third kappa shape index (κ3) is 21.9. The molecule has 0 aliphatic rings. The molecule has 0 saturated carbocycles. The van der Waals surface area contributed by atoms with Gasteiger partial charge in [0.1, 0.15) is 0 Å². The van der Waals surface area contributed by atoms with Gasteiger partial charge < -0.3 is 10.1 Å². The van der Waals surface area contributed by atoms with Crippen molar-refractivity contribution < 1.29 is 4.74 Å². The molecule has 0 spiro atoms. The smallest absolute Gasteiger partial charge is 0.0651 e. The molecule has 0 unspecified atom stereocenters. The number of nitrogens with one attached hydrogen (secondary N) is 1. The molecule has 0 radical (unpaired) electrons. The van der Waals surface area contributed by atoms with Crippen molar-refractivity contribution in [2.45, 2.75) is 133 Å². The first kappa shape index (κ1) is 31.7. The number of ether oxygens (including phenoxy) is 1. The highest BCUT2D eigenvalue weighted by molar-refractivity contribution is 4.88. The van der Waals surface area contributed by atoms with Gasteiger partial charge in [0.25, 0.3) is 0 Å². The molecule has 0 aromatic rings. The zero-order valence-electron chi connectivity index (χ0n) is 20.3. The lowest BCUT2D eigenvalue weighted by molar-refractivity contribution is -0.146. The van der Waals surface area contributed by atoms with Gasteiger partial charge in [0.2, 0.25) is 0 Å². The maximum absolute atomic E-state index is 6.40. The molecule has 152 valence electrons. The Labute approximate surface area is 156 Å². The monoisotopic (exact) mass is 347 g/mol. The minimum atomic E-state index is -0.124. The predicted molar refractivity (Wildman–Crippen MR) is 115 cm³/mol. The molecule has 2 heteroatoms. The first-order valence-electron chi connectivity index (χ1n) is 10.1. The molecule has 1 N–H and O–H groups in total.